The van der Waals surface area contributed by atoms with Gasteiger partial charge in [-0.05, 0) is 25.8 Å². The van der Waals surface area contributed by atoms with Crippen LogP contribution in [-0.4, -0.2) is 35.2 Å². The number of nitrogens with zero attached hydrogens (tertiary/aromatic N) is 2. The van der Waals surface area contributed by atoms with Crippen LogP contribution in [0, 0.1) is 17.2 Å². The van der Waals surface area contributed by atoms with Gasteiger partial charge in [-0.15, -0.1) is 0 Å². The summed E-state index contributed by atoms with van der Waals surface area (Å²) in [5, 5.41) is 18.9. The van der Waals surface area contributed by atoms with E-state index in [0.717, 1.165) is 25.9 Å². The van der Waals surface area contributed by atoms with Crippen LogP contribution >= 0.6 is 0 Å². The van der Waals surface area contributed by atoms with Crippen LogP contribution in [-0.2, 0) is 0 Å². The molecule has 3 heteroatoms. The van der Waals surface area contributed by atoms with Crippen LogP contribution in [0.3, 0.4) is 0 Å². The van der Waals surface area contributed by atoms with Gasteiger partial charge in [0, 0.05) is 19.0 Å². The minimum Gasteiger partial charge on any atom is -0.388 e. The molecule has 2 aliphatic heterocycles. The fourth-order valence-corrected chi connectivity index (χ4v) is 2.62. The van der Waals surface area contributed by atoms with Gasteiger partial charge in [-0.3, -0.25) is 0 Å². The Kier molecular flexibility index (Phi) is 2.27. The molecule has 0 aromatic heterocycles. The summed E-state index contributed by atoms with van der Waals surface area (Å²) in [7, 11) is 0. The van der Waals surface area contributed by atoms with E-state index in [-0.39, 0.29) is 0 Å². The molecule has 0 saturated carbocycles. The zero-order valence-electron chi connectivity index (χ0n) is 7.87. The number of piperidine rings is 2. The maximum atomic E-state index is 10.2. The Labute approximate surface area is 79.0 Å². The first-order valence-corrected chi connectivity index (χ1v) is 5.06. The molecule has 2 fully saturated rings. The van der Waals surface area contributed by atoms with Crippen molar-refractivity contribution in [3.05, 3.63) is 0 Å². The first kappa shape index (κ1) is 8.98. The van der Waals surface area contributed by atoms with Crippen molar-refractivity contribution in [3.8, 4) is 6.07 Å². The van der Waals surface area contributed by atoms with Crippen LogP contribution in [0.25, 0.3) is 0 Å². The van der Waals surface area contributed by atoms with Crippen molar-refractivity contribution in [2.24, 2.45) is 5.92 Å². The van der Waals surface area contributed by atoms with Gasteiger partial charge in [0.1, 0.15) is 0 Å². The molecule has 2 aliphatic rings. The van der Waals surface area contributed by atoms with Gasteiger partial charge in [-0.1, -0.05) is 0 Å². The van der Waals surface area contributed by atoms with Gasteiger partial charge in [0.25, 0.3) is 0 Å². The van der Waals surface area contributed by atoms with Crippen molar-refractivity contribution in [2.75, 3.05) is 19.6 Å². The van der Waals surface area contributed by atoms with Gasteiger partial charge in [-0.25, -0.2) is 0 Å². The largest absolute Gasteiger partial charge is 0.388 e. The highest BCUT2D eigenvalue weighted by Gasteiger charge is 2.42. The number of rotatable bonds is 1. The van der Waals surface area contributed by atoms with Crippen LogP contribution in [0.1, 0.15) is 25.7 Å². The maximum Gasteiger partial charge on any atom is 0.0829 e. The van der Waals surface area contributed by atoms with E-state index in [1.165, 1.54) is 13.0 Å². The fraction of sp³-hybridized carbons (Fsp3) is 0.900. The summed E-state index contributed by atoms with van der Waals surface area (Å²) in [5.74, 6) is 0.342. The summed E-state index contributed by atoms with van der Waals surface area (Å²) in [6.45, 7) is 3.14. The van der Waals surface area contributed by atoms with Crippen molar-refractivity contribution >= 4 is 0 Å². The topological polar surface area (TPSA) is 47.3 Å². The summed E-state index contributed by atoms with van der Waals surface area (Å²) in [4.78, 5) is 2.40. The Morgan fingerprint density at radius 1 is 1.54 bits per heavy atom. The van der Waals surface area contributed by atoms with E-state index in [1.807, 2.05) is 0 Å². The lowest BCUT2D eigenvalue weighted by molar-refractivity contribution is -0.0864. The second kappa shape index (κ2) is 3.28. The van der Waals surface area contributed by atoms with Crippen LogP contribution < -0.4 is 0 Å². The highest BCUT2D eigenvalue weighted by atomic mass is 16.3. The summed E-state index contributed by atoms with van der Waals surface area (Å²) < 4.78 is 0. The van der Waals surface area contributed by atoms with Gasteiger partial charge >= 0.3 is 0 Å². The van der Waals surface area contributed by atoms with Crippen molar-refractivity contribution < 1.29 is 5.11 Å². The van der Waals surface area contributed by atoms with Crippen LogP contribution in [0.2, 0.25) is 0 Å². The third-order valence-electron chi connectivity index (χ3n) is 3.51. The standard InChI is InChI=1S/C10H16N2O/c11-5-3-10(13)4-7-12-6-1-2-9(10)8-12/h9,13H,1-4,6-8H2. The van der Waals surface area contributed by atoms with Gasteiger partial charge in [0.05, 0.1) is 18.1 Å². The van der Waals surface area contributed by atoms with Crippen LogP contribution in [0.5, 0.6) is 0 Å². The molecule has 2 rings (SSSR count). The minimum absolute atomic E-state index is 0.311. The Hall–Kier alpha value is -0.590. The highest BCUT2D eigenvalue weighted by molar-refractivity contribution is 5.00. The molecule has 3 atom stereocenters. The summed E-state index contributed by atoms with van der Waals surface area (Å²) in [6, 6.07) is 2.11. The Morgan fingerprint density at radius 3 is 3.15 bits per heavy atom. The van der Waals surface area contributed by atoms with E-state index in [9.17, 15) is 5.11 Å². The molecule has 1 N–H and O–H groups in total. The van der Waals surface area contributed by atoms with E-state index in [2.05, 4.69) is 11.0 Å². The average Bonchev–Trinajstić information content (AvgIpc) is 2.14. The van der Waals surface area contributed by atoms with Crippen LogP contribution in [0.15, 0.2) is 0 Å². The third kappa shape index (κ3) is 1.56. The molecule has 72 valence electrons. The van der Waals surface area contributed by atoms with Crippen molar-refractivity contribution in [2.45, 2.75) is 31.3 Å². The molecule has 3 nitrogen and oxygen atoms in total. The maximum absolute atomic E-state index is 10.2. The molecule has 0 amide bonds. The summed E-state index contributed by atoms with van der Waals surface area (Å²) in [5.41, 5.74) is -0.675. The van der Waals surface area contributed by atoms with E-state index in [1.54, 1.807) is 0 Å². The Morgan fingerprint density at radius 2 is 2.38 bits per heavy atom. The van der Waals surface area contributed by atoms with Crippen molar-refractivity contribution in [3.63, 3.8) is 0 Å². The molecule has 2 saturated heterocycles. The van der Waals surface area contributed by atoms with Gasteiger partial charge in [-0.2, -0.15) is 5.26 Å². The number of hydrogen-bond acceptors (Lipinski definition) is 3. The molecular weight excluding hydrogens is 164 g/mol. The quantitative estimate of drug-likeness (QED) is 0.647. The van der Waals surface area contributed by atoms with Crippen LogP contribution in [0.4, 0.5) is 0 Å². The molecule has 0 spiro atoms. The number of aliphatic hydroxyl groups is 1. The number of fused-ring (bicyclic) bond motifs is 2. The first-order chi connectivity index (χ1) is 6.24. The fourth-order valence-electron chi connectivity index (χ4n) is 2.62. The lowest BCUT2D eigenvalue weighted by Gasteiger charge is -2.47. The average molecular weight is 180 g/mol. The SMILES string of the molecule is N#CCC1(O)CCN2CCCC1C2. The summed E-state index contributed by atoms with van der Waals surface area (Å²) in [6.07, 6.45) is 3.36. The molecule has 3 unspecified atom stereocenters. The Bertz CT molecular complexity index is 236. The normalized spacial score (nSPS) is 44.0. The predicted octanol–water partition coefficient (Wildman–Crippen LogP) is 0.747. The lowest BCUT2D eigenvalue weighted by Crippen LogP contribution is -2.54. The monoisotopic (exact) mass is 180 g/mol. The van der Waals surface area contributed by atoms with Gasteiger partial charge in [0.2, 0.25) is 0 Å². The predicted molar refractivity (Wildman–Crippen MR) is 49.0 cm³/mol. The zero-order chi connectivity index (χ0) is 9.31. The van der Waals surface area contributed by atoms with Gasteiger partial charge in [0.15, 0.2) is 0 Å². The van der Waals surface area contributed by atoms with E-state index in [4.69, 9.17) is 5.26 Å². The molecule has 0 aromatic carbocycles. The first-order valence-electron chi connectivity index (χ1n) is 5.06. The van der Waals surface area contributed by atoms with E-state index < -0.39 is 5.60 Å². The smallest absolute Gasteiger partial charge is 0.0829 e. The molecule has 2 bridgehead atoms. The number of hydrogen-bond donors (Lipinski definition) is 1. The summed E-state index contributed by atoms with van der Waals surface area (Å²) >= 11 is 0. The molecule has 13 heavy (non-hydrogen) atoms. The molecule has 0 radical (unpaired) electrons. The minimum atomic E-state index is -0.675. The molecule has 0 aliphatic carbocycles. The Balaban J connectivity index is 2.09. The molecule has 2 heterocycles. The van der Waals surface area contributed by atoms with Crippen molar-refractivity contribution in [1.82, 2.24) is 4.90 Å². The van der Waals surface area contributed by atoms with E-state index in [0.29, 0.717) is 12.3 Å². The van der Waals surface area contributed by atoms with Crippen molar-refractivity contribution in [1.29, 1.82) is 5.26 Å². The third-order valence-corrected chi connectivity index (χ3v) is 3.51. The molecular formula is C10H16N2O. The van der Waals surface area contributed by atoms with E-state index >= 15 is 0 Å². The second-order valence-electron chi connectivity index (χ2n) is 4.33. The number of nitriles is 1. The highest BCUT2D eigenvalue weighted by Crippen LogP contribution is 2.36. The molecule has 0 aromatic rings. The second-order valence-corrected chi connectivity index (χ2v) is 4.33. The zero-order valence-corrected chi connectivity index (χ0v) is 7.87. The van der Waals surface area contributed by atoms with Gasteiger partial charge < -0.3 is 10.0 Å². The lowest BCUT2D eigenvalue weighted by atomic mass is 9.74.